The minimum absolute atomic E-state index is 0.230. The number of ether oxygens (including phenoxy) is 1. The first-order chi connectivity index (χ1) is 7.04. The topological polar surface area (TPSA) is 65.0 Å². The number of hydrogen-bond donors (Lipinski definition) is 1. The van der Waals surface area contributed by atoms with Gasteiger partial charge in [-0.05, 0) is 26.7 Å². The molecule has 0 aromatic carbocycles. The van der Waals surface area contributed by atoms with Crippen LogP contribution in [0, 0.1) is 5.92 Å². The van der Waals surface area contributed by atoms with Gasteiger partial charge in [0.2, 0.25) is 5.79 Å². The van der Waals surface area contributed by atoms with E-state index in [1.54, 1.807) is 6.92 Å². The van der Waals surface area contributed by atoms with Crippen molar-refractivity contribution >= 4 is 6.16 Å². The van der Waals surface area contributed by atoms with Crippen LogP contribution in [0.1, 0.15) is 48.0 Å². The quantitative estimate of drug-likeness (QED) is 0.342. The molecule has 0 rings (SSSR count). The van der Waals surface area contributed by atoms with Gasteiger partial charge < -0.3 is 9.84 Å². The van der Waals surface area contributed by atoms with Crippen molar-refractivity contribution in [1.82, 2.24) is 0 Å². The number of carbonyl (C=O) groups is 1. The molecule has 0 fully saturated rings. The molecule has 0 heterocycles. The summed E-state index contributed by atoms with van der Waals surface area (Å²) in [5.41, 5.74) is -0.514. The first-order valence-electron chi connectivity index (χ1n) is 5.33. The average molecular weight is 234 g/mol. The first kappa shape index (κ1) is 15.2. The summed E-state index contributed by atoms with van der Waals surface area (Å²) in [7, 11) is 0. The van der Waals surface area contributed by atoms with E-state index in [-0.39, 0.29) is 5.92 Å². The number of hydrogen-bond acceptors (Lipinski definition) is 4. The first-order valence-corrected chi connectivity index (χ1v) is 5.33. The average Bonchev–Trinajstić information content (AvgIpc) is 1.96. The van der Waals surface area contributed by atoms with Crippen LogP contribution in [0.25, 0.3) is 0 Å². The number of rotatable bonds is 5. The summed E-state index contributed by atoms with van der Waals surface area (Å²) in [5.74, 6) is -1.04. The highest BCUT2D eigenvalue weighted by Crippen LogP contribution is 2.25. The summed E-state index contributed by atoms with van der Waals surface area (Å²) in [4.78, 5) is 20.8. The van der Waals surface area contributed by atoms with Crippen LogP contribution < -0.4 is 0 Å². The maximum atomic E-state index is 10.6. The van der Waals surface area contributed by atoms with Gasteiger partial charge in [0.05, 0.1) is 5.60 Å². The van der Waals surface area contributed by atoms with Gasteiger partial charge in [-0.2, -0.15) is 4.89 Å². The largest absolute Gasteiger partial charge is 0.508 e. The Hall–Kier alpha value is -0.810. The molecule has 0 aliphatic heterocycles. The fourth-order valence-electron chi connectivity index (χ4n) is 1.23. The molecule has 0 bridgehead atoms. The summed E-state index contributed by atoms with van der Waals surface area (Å²) in [5, 5.41) is 8.63. The van der Waals surface area contributed by atoms with Crippen LogP contribution in [0.4, 0.5) is 4.79 Å². The molecule has 0 saturated heterocycles. The van der Waals surface area contributed by atoms with E-state index in [4.69, 9.17) is 19.6 Å². The lowest BCUT2D eigenvalue weighted by Crippen LogP contribution is -2.38. The Kier molecular flexibility index (Phi) is 5.22. The van der Waals surface area contributed by atoms with Crippen LogP contribution in [0.2, 0.25) is 0 Å². The van der Waals surface area contributed by atoms with E-state index in [1.165, 1.54) is 0 Å². The molecule has 0 spiro atoms. The summed E-state index contributed by atoms with van der Waals surface area (Å²) in [6.07, 6.45) is -0.948. The van der Waals surface area contributed by atoms with E-state index in [2.05, 4.69) is 0 Å². The molecule has 5 nitrogen and oxygen atoms in total. The molecule has 0 amide bonds. The second-order valence-electron chi connectivity index (χ2n) is 5.38. The SMILES string of the molecule is CC(C)CC(C)(OOC(C)(C)C)OC(=O)O. The van der Waals surface area contributed by atoms with Crippen molar-refractivity contribution in [3.8, 4) is 0 Å². The van der Waals surface area contributed by atoms with Crippen LogP contribution in [-0.4, -0.2) is 22.7 Å². The van der Waals surface area contributed by atoms with Crippen molar-refractivity contribution in [2.24, 2.45) is 5.92 Å². The predicted molar refractivity (Wildman–Crippen MR) is 58.9 cm³/mol. The van der Waals surface area contributed by atoms with Crippen molar-refractivity contribution < 1.29 is 24.4 Å². The van der Waals surface area contributed by atoms with Crippen LogP contribution in [0.5, 0.6) is 0 Å². The highest BCUT2D eigenvalue weighted by Gasteiger charge is 2.34. The van der Waals surface area contributed by atoms with Crippen molar-refractivity contribution in [2.75, 3.05) is 0 Å². The van der Waals surface area contributed by atoms with Gasteiger partial charge in [-0.15, -0.1) is 0 Å². The van der Waals surface area contributed by atoms with E-state index in [0.29, 0.717) is 6.42 Å². The molecule has 5 heteroatoms. The molecule has 0 aromatic heterocycles. The normalized spacial score (nSPS) is 15.9. The smallest absolute Gasteiger partial charge is 0.450 e. The van der Waals surface area contributed by atoms with Gasteiger partial charge >= 0.3 is 6.16 Å². The zero-order valence-electron chi connectivity index (χ0n) is 10.9. The van der Waals surface area contributed by atoms with Crippen LogP contribution in [-0.2, 0) is 14.5 Å². The third-order valence-corrected chi connectivity index (χ3v) is 1.55. The van der Waals surface area contributed by atoms with Gasteiger partial charge in [0.15, 0.2) is 0 Å². The predicted octanol–water partition coefficient (Wildman–Crippen LogP) is 3.19. The highest BCUT2D eigenvalue weighted by atomic mass is 17.2. The van der Waals surface area contributed by atoms with E-state index in [0.717, 1.165) is 0 Å². The molecular weight excluding hydrogens is 212 g/mol. The zero-order chi connectivity index (χ0) is 13.0. The Balaban J connectivity index is 4.47. The summed E-state index contributed by atoms with van der Waals surface area (Å²) >= 11 is 0. The monoisotopic (exact) mass is 234 g/mol. The molecule has 0 aliphatic carbocycles. The molecule has 96 valence electrons. The molecule has 0 aliphatic rings. The Labute approximate surface area is 96.6 Å². The van der Waals surface area contributed by atoms with Gasteiger partial charge in [0, 0.05) is 13.3 Å². The Morgan fingerprint density at radius 3 is 2.00 bits per heavy atom. The minimum atomic E-state index is -1.37. The van der Waals surface area contributed by atoms with Gasteiger partial charge in [0.1, 0.15) is 0 Å². The molecule has 1 N–H and O–H groups in total. The molecular formula is C11H22O5. The molecule has 0 aromatic rings. The van der Waals surface area contributed by atoms with E-state index >= 15 is 0 Å². The maximum absolute atomic E-state index is 10.6. The molecule has 1 atom stereocenters. The van der Waals surface area contributed by atoms with Crippen molar-refractivity contribution in [3.63, 3.8) is 0 Å². The molecule has 0 radical (unpaired) electrons. The van der Waals surface area contributed by atoms with Crippen LogP contribution in [0.3, 0.4) is 0 Å². The summed E-state index contributed by atoms with van der Waals surface area (Å²) < 4.78 is 4.71. The highest BCUT2D eigenvalue weighted by molar-refractivity contribution is 5.57. The Bertz CT molecular complexity index is 231. The molecule has 0 saturated carbocycles. The standard InChI is InChI=1S/C11H22O5/c1-8(2)7-11(6,14-9(12)13)16-15-10(3,4)5/h8H,7H2,1-6H3,(H,12,13). The van der Waals surface area contributed by atoms with E-state index in [1.807, 2.05) is 34.6 Å². The van der Waals surface area contributed by atoms with Gasteiger partial charge in [-0.1, -0.05) is 13.8 Å². The van der Waals surface area contributed by atoms with E-state index in [9.17, 15) is 4.79 Å². The summed E-state index contributed by atoms with van der Waals surface area (Å²) in [6.45, 7) is 10.9. The second kappa shape index (κ2) is 5.50. The fraction of sp³-hybridized carbons (Fsp3) is 0.909. The molecule has 1 unspecified atom stereocenters. The zero-order valence-corrected chi connectivity index (χ0v) is 10.9. The lowest BCUT2D eigenvalue weighted by Gasteiger charge is -2.31. The van der Waals surface area contributed by atoms with Crippen molar-refractivity contribution in [3.05, 3.63) is 0 Å². The van der Waals surface area contributed by atoms with E-state index < -0.39 is 17.5 Å². The Morgan fingerprint density at radius 2 is 1.69 bits per heavy atom. The summed E-state index contributed by atoms with van der Waals surface area (Å²) in [6, 6.07) is 0. The van der Waals surface area contributed by atoms with Crippen molar-refractivity contribution in [1.29, 1.82) is 0 Å². The minimum Gasteiger partial charge on any atom is -0.450 e. The van der Waals surface area contributed by atoms with Gasteiger partial charge in [0.25, 0.3) is 0 Å². The van der Waals surface area contributed by atoms with Crippen LogP contribution >= 0.6 is 0 Å². The third-order valence-electron chi connectivity index (χ3n) is 1.55. The Morgan fingerprint density at radius 1 is 1.19 bits per heavy atom. The lowest BCUT2D eigenvalue weighted by molar-refractivity contribution is -0.448. The van der Waals surface area contributed by atoms with Crippen LogP contribution in [0.15, 0.2) is 0 Å². The van der Waals surface area contributed by atoms with Gasteiger partial charge in [-0.3, -0.25) is 0 Å². The molecule has 16 heavy (non-hydrogen) atoms. The van der Waals surface area contributed by atoms with Gasteiger partial charge in [-0.25, -0.2) is 9.68 Å². The fourth-order valence-corrected chi connectivity index (χ4v) is 1.23. The number of carboxylic acid groups (broad SMARTS) is 1. The second-order valence-corrected chi connectivity index (χ2v) is 5.38. The maximum Gasteiger partial charge on any atom is 0.508 e. The lowest BCUT2D eigenvalue weighted by atomic mass is 10.0. The third kappa shape index (κ3) is 7.48. The van der Waals surface area contributed by atoms with Crippen molar-refractivity contribution in [2.45, 2.75) is 59.4 Å².